The molecule has 0 aliphatic heterocycles. The Bertz CT molecular complexity index is 3260. The number of nitrogens with zero attached hydrogens (tertiary/aromatic N) is 6. The van der Waals surface area contributed by atoms with E-state index in [0.29, 0.717) is 66.4 Å². The summed E-state index contributed by atoms with van der Waals surface area (Å²) in [4.78, 5) is 42.8. The highest BCUT2D eigenvalue weighted by molar-refractivity contribution is 6.06. The van der Waals surface area contributed by atoms with Crippen LogP contribution in [0.25, 0.3) is 32.3 Å². The lowest BCUT2D eigenvalue weighted by Gasteiger charge is -2.13. The van der Waals surface area contributed by atoms with Gasteiger partial charge in [-0.25, -0.2) is 14.4 Å². The van der Waals surface area contributed by atoms with Crippen LogP contribution in [0, 0.1) is 0 Å². The molecule has 0 spiro atoms. The van der Waals surface area contributed by atoms with Crippen molar-refractivity contribution in [1.29, 1.82) is 0 Å². The predicted octanol–water partition coefficient (Wildman–Crippen LogP) is 16.0. The molecule has 0 saturated heterocycles. The molecule has 12 heteroatoms. The van der Waals surface area contributed by atoms with Crippen molar-refractivity contribution in [1.82, 2.24) is 0 Å². The van der Waals surface area contributed by atoms with Gasteiger partial charge in [-0.2, -0.15) is 15.3 Å². The molecule has 0 aliphatic rings. The van der Waals surface area contributed by atoms with E-state index in [0.717, 1.165) is 0 Å². The zero-order valence-electron chi connectivity index (χ0n) is 36.4. The normalized spacial score (nSPS) is 11.5. The Morgan fingerprint density at radius 2 is 0.507 bits per heavy atom. The fourth-order valence-electron chi connectivity index (χ4n) is 7.57. The Labute approximate surface area is 394 Å². The smallest absolute Gasteiger partial charge is 0.343 e. The van der Waals surface area contributed by atoms with Crippen molar-refractivity contribution in [3.8, 4) is 17.2 Å². The summed E-state index contributed by atoms with van der Waals surface area (Å²) in [6.07, 6.45) is 0. The molecule has 0 saturated carbocycles. The number of rotatable bonds is 12. The summed E-state index contributed by atoms with van der Waals surface area (Å²) in [6.45, 7) is 0. The standard InChI is InChI=1S/C57H36N6O6/c64-55(67-52-31-28-49(43-22-10-13-25-46(43)52)61-58-40-16-4-1-5-17-40)37-34-38(56(65)68-53-32-29-50(44-23-11-14-26-47(44)53)62-59-41-18-6-2-7-19-41)36-39(35-37)57(66)69-54-33-30-51(45-24-12-15-27-48(45)54)63-60-42-20-8-3-9-21-42/h1-36H. The van der Waals surface area contributed by atoms with Gasteiger partial charge in [0, 0.05) is 32.3 Å². The molecule has 10 aromatic rings. The number of azo groups is 3. The first kappa shape index (κ1) is 43.1. The van der Waals surface area contributed by atoms with E-state index in [-0.39, 0.29) is 33.9 Å². The molecule has 0 aliphatic carbocycles. The van der Waals surface area contributed by atoms with Crippen molar-refractivity contribution >= 4 is 84.3 Å². The van der Waals surface area contributed by atoms with Gasteiger partial charge >= 0.3 is 17.9 Å². The van der Waals surface area contributed by atoms with E-state index in [2.05, 4.69) is 30.7 Å². The summed E-state index contributed by atoms with van der Waals surface area (Å²) >= 11 is 0. The Balaban J connectivity index is 0.988. The fraction of sp³-hybridized carbons (Fsp3) is 0. The average molecular weight is 901 g/mol. The second-order valence-electron chi connectivity index (χ2n) is 15.5. The molecule has 12 nitrogen and oxygen atoms in total. The number of carbonyl (C=O) groups excluding carboxylic acids is 3. The van der Waals surface area contributed by atoms with Gasteiger partial charge < -0.3 is 14.2 Å². The molecule has 0 radical (unpaired) electrons. The molecule has 330 valence electrons. The molecule has 69 heavy (non-hydrogen) atoms. The number of fused-ring (bicyclic) bond motifs is 3. The van der Waals surface area contributed by atoms with Gasteiger partial charge in [0.25, 0.3) is 0 Å². The van der Waals surface area contributed by atoms with E-state index in [4.69, 9.17) is 14.2 Å². The van der Waals surface area contributed by atoms with Gasteiger partial charge in [-0.15, -0.1) is 15.3 Å². The molecular formula is C57H36N6O6. The molecule has 0 amide bonds. The highest BCUT2D eigenvalue weighted by Crippen LogP contribution is 2.38. The lowest BCUT2D eigenvalue weighted by Crippen LogP contribution is -2.17. The second-order valence-corrected chi connectivity index (χ2v) is 15.5. The highest BCUT2D eigenvalue weighted by atomic mass is 16.5. The minimum Gasteiger partial charge on any atom is -0.422 e. The average Bonchev–Trinajstić information content (AvgIpc) is 3.41. The summed E-state index contributed by atoms with van der Waals surface area (Å²) in [5.74, 6) is -1.88. The maximum atomic E-state index is 14.3. The van der Waals surface area contributed by atoms with Gasteiger partial charge in [-0.3, -0.25) is 0 Å². The van der Waals surface area contributed by atoms with Crippen LogP contribution in [0.4, 0.5) is 34.1 Å². The SMILES string of the molecule is O=C(Oc1ccc(N=Nc2ccccc2)c2ccccc12)c1cc(C(=O)Oc2ccc(N=Nc3ccccc3)c3ccccc23)cc(C(=O)Oc2ccc(N=Nc3ccccc3)c3ccccc23)c1. The van der Waals surface area contributed by atoms with Crippen LogP contribution in [0.1, 0.15) is 31.1 Å². The zero-order chi connectivity index (χ0) is 46.9. The van der Waals surface area contributed by atoms with Gasteiger partial charge in [0.1, 0.15) is 17.2 Å². The molecule has 0 fully saturated rings. The molecule has 0 unspecified atom stereocenters. The van der Waals surface area contributed by atoms with Crippen molar-refractivity contribution in [3.63, 3.8) is 0 Å². The summed E-state index contributed by atoms with van der Waals surface area (Å²) in [5.41, 5.74) is 3.36. The minimum absolute atomic E-state index is 0.114. The molecule has 10 rings (SSSR count). The van der Waals surface area contributed by atoms with E-state index in [1.54, 1.807) is 54.6 Å². The fourth-order valence-corrected chi connectivity index (χ4v) is 7.57. The molecule has 10 aromatic carbocycles. The van der Waals surface area contributed by atoms with Crippen LogP contribution >= 0.6 is 0 Å². The third-order valence-corrected chi connectivity index (χ3v) is 10.9. The quantitative estimate of drug-likeness (QED) is 0.0676. The molecule has 0 heterocycles. The largest absolute Gasteiger partial charge is 0.422 e. The number of esters is 3. The third kappa shape index (κ3) is 9.76. The molecule has 0 bridgehead atoms. The van der Waals surface area contributed by atoms with E-state index in [1.165, 1.54) is 18.2 Å². The van der Waals surface area contributed by atoms with Crippen LogP contribution in [0.15, 0.2) is 249 Å². The van der Waals surface area contributed by atoms with Gasteiger partial charge in [0.05, 0.1) is 50.8 Å². The zero-order valence-corrected chi connectivity index (χ0v) is 36.4. The Morgan fingerprint density at radius 1 is 0.261 bits per heavy atom. The van der Waals surface area contributed by atoms with E-state index < -0.39 is 17.9 Å². The van der Waals surface area contributed by atoms with Crippen LogP contribution in [0.3, 0.4) is 0 Å². The van der Waals surface area contributed by atoms with E-state index >= 15 is 0 Å². The molecule has 0 aromatic heterocycles. The topological polar surface area (TPSA) is 153 Å². The predicted molar refractivity (Wildman–Crippen MR) is 265 cm³/mol. The molecular weight excluding hydrogens is 865 g/mol. The summed E-state index contributed by atoms with van der Waals surface area (Å²) in [6, 6.07) is 63.8. The Kier molecular flexibility index (Phi) is 12.3. The first-order valence-electron chi connectivity index (χ1n) is 21.7. The van der Waals surface area contributed by atoms with Crippen molar-refractivity contribution < 1.29 is 28.6 Å². The van der Waals surface area contributed by atoms with Gasteiger partial charge in [0.15, 0.2) is 0 Å². The van der Waals surface area contributed by atoms with Crippen molar-refractivity contribution in [2.45, 2.75) is 0 Å². The van der Waals surface area contributed by atoms with E-state index in [1.807, 2.05) is 146 Å². The van der Waals surface area contributed by atoms with Crippen LogP contribution in [-0.2, 0) is 0 Å². The Hall–Kier alpha value is -9.81. The van der Waals surface area contributed by atoms with Crippen molar-refractivity contribution in [3.05, 3.63) is 235 Å². The summed E-state index contributed by atoms with van der Waals surface area (Å²) < 4.78 is 18.1. The minimum atomic E-state index is -0.848. The number of ether oxygens (including phenoxy) is 3. The van der Waals surface area contributed by atoms with Crippen LogP contribution in [0.5, 0.6) is 17.2 Å². The highest BCUT2D eigenvalue weighted by Gasteiger charge is 2.23. The number of carbonyl (C=O) groups is 3. The van der Waals surface area contributed by atoms with Crippen molar-refractivity contribution in [2.24, 2.45) is 30.7 Å². The lowest BCUT2D eigenvalue weighted by atomic mass is 10.0. The van der Waals surface area contributed by atoms with Gasteiger partial charge in [0.2, 0.25) is 0 Å². The maximum absolute atomic E-state index is 14.3. The van der Waals surface area contributed by atoms with Crippen molar-refractivity contribution in [2.75, 3.05) is 0 Å². The van der Waals surface area contributed by atoms with Crippen LogP contribution < -0.4 is 14.2 Å². The summed E-state index contributed by atoms with van der Waals surface area (Å²) in [5, 5.41) is 30.3. The first-order chi connectivity index (χ1) is 33.9. The monoisotopic (exact) mass is 900 g/mol. The van der Waals surface area contributed by atoms with Gasteiger partial charge in [-0.05, 0) is 91.0 Å². The van der Waals surface area contributed by atoms with Gasteiger partial charge in [-0.1, -0.05) is 127 Å². The van der Waals surface area contributed by atoms with E-state index in [9.17, 15) is 14.4 Å². The molecule has 0 atom stereocenters. The second kappa shape index (κ2) is 19.7. The van der Waals surface area contributed by atoms with Crippen LogP contribution in [0.2, 0.25) is 0 Å². The Morgan fingerprint density at radius 3 is 0.783 bits per heavy atom. The molecule has 0 N–H and O–H groups in total. The third-order valence-electron chi connectivity index (χ3n) is 10.9. The number of benzene rings is 10. The van der Waals surface area contributed by atoms with Crippen LogP contribution in [-0.4, -0.2) is 17.9 Å². The summed E-state index contributed by atoms with van der Waals surface area (Å²) in [7, 11) is 0. The number of hydrogen-bond donors (Lipinski definition) is 0. The number of hydrogen-bond acceptors (Lipinski definition) is 12. The lowest BCUT2D eigenvalue weighted by molar-refractivity contribution is 0.0737. The first-order valence-corrected chi connectivity index (χ1v) is 21.7. The maximum Gasteiger partial charge on any atom is 0.343 e.